The van der Waals surface area contributed by atoms with Gasteiger partial charge in [0.05, 0.1) is 6.20 Å². The van der Waals surface area contributed by atoms with Gasteiger partial charge in [-0.1, -0.05) is 6.92 Å². The van der Waals surface area contributed by atoms with Gasteiger partial charge in [-0.05, 0) is 38.8 Å². The molecule has 0 spiro atoms. The van der Waals surface area contributed by atoms with Gasteiger partial charge in [-0.2, -0.15) is 5.10 Å². The zero-order valence-corrected chi connectivity index (χ0v) is 12.1. The van der Waals surface area contributed by atoms with E-state index in [-0.39, 0.29) is 10.9 Å². The molecule has 1 heterocycles. The second kappa shape index (κ2) is 6.49. The molecular formula is C12H22N4O2S. The van der Waals surface area contributed by atoms with Crippen LogP contribution in [0.1, 0.15) is 32.6 Å². The van der Waals surface area contributed by atoms with E-state index in [1.165, 1.54) is 6.20 Å². The molecule has 1 aromatic heterocycles. The van der Waals surface area contributed by atoms with Crippen molar-refractivity contribution in [2.24, 2.45) is 0 Å². The molecule has 1 aliphatic rings. The maximum absolute atomic E-state index is 11.9. The van der Waals surface area contributed by atoms with Gasteiger partial charge in [0.2, 0.25) is 10.0 Å². The van der Waals surface area contributed by atoms with Gasteiger partial charge in [0.15, 0.2) is 0 Å². The monoisotopic (exact) mass is 286 g/mol. The molecule has 0 aliphatic heterocycles. The number of rotatable bonds is 9. The van der Waals surface area contributed by atoms with Crippen molar-refractivity contribution in [3.05, 3.63) is 12.4 Å². The Kier molecular flexibility index (Phi) is 4.95. The Morgan fingerprint density at radius 2 is 2.21 bits per heavy atom. The lowest BCUT2D eigenvalue weighted by molar-refractivity contribution is 0.541. The molecule has 1 aliphatic carbocycles. The second-order valence-electron chi connectivity index (χ2n) is 4.94. The van der Waals surface area contributed by atoms with E-state index in [4.69, 9.17) is 0 Å². The number of hydrogen-bond acceptors (Lipinski definition) is 4. The standard InChI is InChI=1S/C12H22N4O2S/c1-2-6-13-7-3-8-16-10-12(9-14-16)19(17,18)15-11-4-5-11/h9-11,13,15H,2-8H2,1H3. The third-order valence-corrected chi connectivity index (χ3v) is 4.46. The van der Waals surface area contributed by atoms with Crippen LogP contribution < -0.4 is 10.0 Å². The van der Waals surface area contributed by atoms with Crippen LogP contribution in [0.4, 0.5) is 0 Å². The molecule has 19 heavy (non-hydrogen) atoms. The zero-order chi connectivity index (χ0) is 13.7. The molecule has 1 aromatic rings. The minimum Gasteiger partial charge on any atom is -0.317 e. The van der Waals surface area contributed by atoms with Crippen LogP contribution in [-0.4, -0.2) is 37.3 Å². The van der Waals surface area contributed by atoms with Crippen LogP contribution in [-0.2, 0) is 16.6 Å². The average Bonchev–Trinajstić information content (AvgIpc) is 3.03. The van der Waals surface area contributed by atoms with E-state index in [9.17, 15) is 8.42 Å². The first kappa shape index (κ1) is 14.5. The fourth-order valence-corrected chi connectivity index (χ4v) is 3.02. The highest BCUT2D eigenvalue weighted by Gasteiger charge is 2.28. The maximum atomic E-state index is 11.9. The molecule has 0 bridgehead atoms. The van der Waals surface area contributed by atoms with Gasteiger partial charge in [-0.25, -0.2) is 13.1 Å². The summed E-state index contributed by atoms with van der Waals surface area (Å²) in [5.41, 5.74) is 0. The lowest BCUT2D eigenvalue weighted by Gasteiger charge is -2.03. The third-order valence-electron chi connectivity index (χ3n) is 2.99. The summed E-state index contributed by atoms with van der Waals surface area (Å²) in [4.78, 5) is 0.265. The Morgan fingerprint density at radius 3 is 2.89 bits per heavy atom. The van der Waals surface area contributed by atoms with Crippen molar-refractivity contribution in [3.8, 4) is 0 Å². The zero-order valence-electron chi connectivity index (χ0n) is 11.3. The topological polar surface area (TPSA) is 76.0 Å². The van der Waals surface area contributed by atoms with Crippen molar-refractivity contribution in [3.63, 3.8) is 0 Å². The molecule has 0 radical (unpaired) electrons. The first-order chi connectivity index (χ1) is 9.12. The van der Waals surface area contributed by atoms with Crippen molar-refractivity contribution in [1.82, 2.24) is 19.8 Å². The highest BCUT2D eigenvalue weighted by Crippen LogP contribution is 2.21. The average molecular weight is 286 g/mol. The molecule has 2 rings (SSSR count). The Bertz CT molecular complexity index is 494. The Hall–Kier alpha value is -0.920. The normalized spacial score (nSPS) is 15.8. The first-order valence-corrected chi connectivity index (χ1v) is 8.35. The Labute approximate surface area is 114 Å². The molecule has 0 saturated heterocycles. The molecule has 0 atom stereocenters. The summed E-state index contributed by atoms with van der Waals surface area (Å²) >= 11 is 0. The van der Waals surface area contributed by atoms with Crippen LogP contribution in [0.2, 0.25) is 0 Å². The van der Waals surface area contributed by atoms with E-state index in [2.05, 4.69) is 22.1 Å². The molecule has 1 saturated carbocycles. The van der Waals surface area contributed by atoms with E-state index >= 15 is 0 Å². The van der Waals surface area contributed by atoms with Crippen molar-refractivity contribution in [2.75, 3.05) is 13.1 Å². The highest BCUT2D eigenvalue weighted by atomic mass is 32.2. The fourth-order valence-electron chi connectivity index (χ4n) is 1.76. The van der Waals surface area contributed by atoms with Gasteiger partial charge in [0.1, 0.15) is 4.90 Å². The molecule has 0 aromatic carbocycles. The van der Waals surface area contributed by atoms with Crippen LogP contribution in [0.25, 0.3) is 0 Å². The highest BCUT2D eigenvalue weighted by molar-refractivity contribution is 7.89. The molecule has 1 fully saturated rings. The summed E-state index contributed by atoms with van der Waals surface area (Å²) in [6.07, 6.45) is 6.97. The predicted molar refractivity (Wildman–Crippen MR) is 73.3 cm³/mol. The van der Waals surface area contributed by atoms with Gasteiger partial charge < -0.3 is 5.32 Å². The Balaban J connectivity index is 1.81. The van der Waals surface area contributed by atoms with E-state index in [0.29, 0.717) is 0 Å². The van der Waals surface area contributed by atoms with Crippen molar-refractivity contribution in [1.29, 1.82) is 0 Å². The molecule has 0 unspecified atom stereocenters. The summed E-state index contributed by atoms with van der Waals surface area (Å²) in [6.45, 7) is 4.81. The Morgan fingerprint density at radius 1 is 1.42 bits per heavy atom. The van der Waals surface area contributed by atoms with Crippen molar-refractivity contribution >= 4 is 10.0 Å². The summed E-state index contributed by atoms with van der Waals surface area (Å²) in [5, 5.41) is 7.40. The third kappa shape index (κ3) is 4.59. The fraction of sp³-hybridized carbons (Fsp3) is 0.750. The first-order valence-electron chi connectivity index (χ1n) is 6.87. The van der Waals surface area contributed by atoms with Crippen LogP contribution in [0, 0.1) is 0 Å². The van der Waals surface area contributed by atoms with Crippen LogP contribution in [0.3, 0.4) is 0 Å². The number of hydrogen-bond donors (Lipinski definition) is 2. The van der Waals surface area contributed by atoms with Crippen LogP contribution in [0.5, 0.6) is 0 Å². The number of nitrogens with one attached hydrogen (secondary N) is 2. The number of sulfonamides is 1. The second-order valence-corrected chi connectivity index (χ2v) is 6.65. The maximum Gasteiger partial charge on any atom is 0.243 e. The van der Waals surface area contributed by atoms with Gasteiger partial charge in [-0.15, -0.1) is 0 Å². The van der Waals surface area contributed by atoms with Gasteiger partial charge in [-0.3, -0.25) is 4.68 Å². The molecule has 7 heteroatoms. The van der Waals surface area contributed by atoms with Gasteiger partial charge >= 0.3 is 0 Å². The summed E-state index contributed by atoms with van der Waals surface area (Å²) < 4.78 is 28.2. The molecule has 108 valence electrons. The summed E-state index contributed by atoms with van der Waals surface area (Å²) in [6, 6.07) is 0.131. The van der Waals surface area contributed by atoms with E-state index in [1.54, 1.807) is 10.9 Å². The van der Waals surface area contributed by atoms with Crippen molar-refractivity contribution < 1.29 is 8.42 Å². The van der Waals surface area contributed by atoms with Crippen molar-refractivity contribution in [2.45, 2.75) is 50.1 Å². The van der Waals surface area contributed by atoms with Gasteiger partial charge in [0, 0.05) is 18.8 Å². The molecule has 6 nitrogen and oxygen atoms in total. The summed E-state index contributed by atoms with van der Waals surface area (Å²) in [5.74, 6) is 0. The number of nitrogens with zero attached hydrogens (tertiary/aromatic N) is 2. The summed E-state index contributed by atoms with van der Waals surface area (Å²) in [7, 11) is -3.36. The molecule has 0 amide bonds. The predicted octanol–water partition coefficient (Wildman–Crippen LogP) is 0.714. The lowest BCUT2D eigenvalue weighted by Crippen LogP contribution is -2.25. The van der Waals surface area contributed by atoms with E-state index in [0.717, 1.165) is 45.3 Å². The van der Waals surface area contributed by atoms with Gasteiger partial charge in [0.25, 0.3) is 0 Å². The van der Waals surface area contributed by atoms with E-state index < -0.39 is 10.0 Å². The SMILES string of the molecule is CCCNCCCn1cc(S(=O)(=O)NC2CC2)cn1. The number of aryl methyl sites for hydroxylation is 1. The van der Waals surface area contributed by atoms with Crippen LogP contribution >= 0.6 is 0 Å². The minimum absolute atomic E-state index is 0.131. The van der Waals surface area contributed by atoms with E-state index in [1.807, 2.05) is 0 Å². The lowest BCUT2D eigenvalue weighted by atomic mass is 10.4. The molecular weight excluding hydrogens is 264 g/mol. The quantitative estimate of drug-likeness (QED) is 0.656. The number of aromatic nitrogens is 2. The van der Waals surface area contributed by atoms with Crippen LogP contribution in [0.15, 0.2) is 17.3 Å². The molecule has 2 N–H and O–H groups in total. The largest absolute Gasteiger partial charge is 0.317 e. The smallest absolute Gasteiger partial charge is 0.243 e. The minimum atomic E-state index is -3.36.